The first-order valence-corrected chi connectivity index (χ1v) is 23.9. The van der Waals surface area contributed by atoms with Crippen LogP contribution in [0.4, 0.5) is 0 Å². The van der Waals surface area contributed by atoms with Crippen molar-refractivity contribution in [2.45, 2.75) is 58.9 Å². The average molecular weight is 383 g/mol. The van der Waals surface area contributed by atoms with Crippen molar-refractivity contribution in [1.82, 2.24) is 0 Å². The Bertz CT molecular complexity index is 524. The van der Waals surface area contributed by atoms with Crippen LogP contribution in [0.3, 0.4) is 0 Å². The first kappa shape index (κ1) is 20.6. The molecule has 0 spiro atoms. The summed E-state index contributed by atoms with van der Waals surface area (Å²) >= 11 is 0. The summed E-state index contributed by atoms with van der Waals surface area (Å²) < 4.78 is 5.26. The molecule has 0 heterocycles. The van der Waals surface area contributed by atoms with Crippen molar-refractivity contribution in [3.05, 3.63) is 29.8 Å². The lowest BCUT2D eigenvalue weighted by Crippen LogP contribution is -2.86. The summed E-state index contributed by atoms with van der Waals surface area (Å²) in [4.78, 5) is 13.9. The van der Waals surface area contributed by atoms with Crippen LogP contribution in [0.5, 0.6) is 5.75 Å². The Morgan fingerprint density at radius 1 is 0.739 bits per heavy atom. The molecule has 1 aromatic carbocycles. The molecule has 0 atom stereocenters. The van der Waals surface area contributed by atoms with Crippen molar-refractivity contribution in [3.8, 4) is 5.75 Å². The third-order valence-electron chi connectivity index (χ3n) is 5.07. The van der Waals surface area contributed by atoms with E-state index in [-0.39, 0.29) is 0 Å². The van der Waals surface area contributed by atoms with E-state index < -0.39 is 29.4 Å². The number of ether oxygens (including phenoxy) is 1. The third-order valence-corrected chi connectivity index (χ3v) is 75.6. The maximum atomic E-state index is 13.9. The summed E-state index contributed by atoms with van der Waals surface area (Å²) in [5, 5.41) is 0.539. The predicted octanol–water partition coefficient (Wildman–Crippen LogP) is 5.12. The molecule has 2 nitrogen and oxygen atoms in total. The number of hydrogen-bond acceptors (Lipinski definition) is 2. The molecule has 1 rings (SSSR count). The summed E-state index contributed by atoms with van der Waals surface area (Å²) in [6.45, 7) is 20.1. The maximum Gasteiger partial charge on any atom is 0.132 e. The summed E-state index contributed by atoms with van der Waals surface area (Å²) in [5.74, 6) is 0.822. The predicted molar refractivity (Wildman–Crippen MR) is 113 cm³/mol. The van der Waals surface area contributed by atoms with Crippen LogP contribution in [0, 0.1) is 0 Å². The first-order chi connectivity index (χ1) is 10.2. The highest BCUT2D eigenvalue weighted by atomic mass is 29.9. The molecule has 23 heavy (non-hydrogen) atoms. The third kappa shape index (κ3) is 3.50. The molecule has 0 N–H and O–H groups in total. The van der Waals surface area contributed by atoms with Gasteiger partial charge < -0.3 is 9.53 Å². The molecular formula is C17H34O2Si4. The first-order valence-electron chi connectivity index (χ1n) is 8.39. The fourth-order valence-corrected chi connectivity index (χ4v) is 103. The minimum absolute atomic E-state index is 0.539. The van der Waals surface area contributed by atoms with Crippen LogP contribution in [0.1, 0.15) is 10.4 Å². The van der Waals surface area contributed by atoms with Crippen molar-refractivity contribution in [3.63, 3.8) is 0 Å². The molecule has 0 fully saturated rings. The smallest absolute Gasteiger partial charge is 0.132 e. The number of methoxy groups -OCH3 is 1. The van der Waals surface area contributed by atoms with Crippen LogP contribution < -0.4 is 4.74 Å². The SMILES string of the molecule is COc1ccc(C(=O)[Si]([Si](C)(C)C)([Si](C)(C)C)[Si](C)(C)C)cc1. The molecule has 0 radical (unpaired) electrons. The molecule has 0 bridgehead atoms. The van der Waals surface area contributed by atoms with E-state index in [4.69, 9.17) is 4.74 Å². The number of carbonyl (C=O) groups excluding carboxylic acids is 1. The van der Waals surface area contributed by atoms with Gasteiger partial charge in [0.15, 0.2) is 0 Å². The minimum Gasteiger partial charge on any atom is -0.497 e. The largest absolute Gasteiger partial charge is 0.497 e. The molecule has 1 aromatic rings. The molecule has 6 heteroatoms. The fourth-order valence-electron chi connectivity index (χ4n) is 5.36. The summed E-state index contributed by atoms with van der Waals surface area (Å²) in [6, 6.07) is 7.85. The molecular weight excluding hydrogens is 349 g/mol. The Hall–Kier alpha value is -0.442. The Balaban J connectivity index is 3.66. The highest BCUT2D eigenvalue weighted by molar-refractivity contribution is 7.97. The van der Waals surface area contributed by atoms with Crippen molar-refractivity contribution in [1.29, 1.82) is 0 Å². The van der Waals surface area contributed by atoms with Gasteiger partial charge in [-0.15, -0.1) is 0 Å². The van der Waals surface area contributed by atoms with Gasteiger partial charge in [-0.05, 0) is 24.3 Å². The highest BCUT2D eigenvalue weighted by Gasteiger charge is 2.66. The van der Waals surface area contributed by atoms with Crippen LogP contribution in [0.2, 0.25) is 58.9 Å². The zero-order valence-electron chi connectivity index (χ0n) is 16.6. The van der Waals surface area contributed by atoms with Crippen LogP contribution >= 0.6 is 0 Å². The van der Waals surface area contributed by atoms with Crippen molar-refractivity contribution in [2.24, 2.45) is 0 Å². The highest BCUT2D eigenvalue weighted by Crippen LogP contribution is 2.39. The Morgan fingerprint density at radius 3 is 1.35 bits per heavy atom. The van der Waals surface area contributed by atoms with E-state index in [0.717, 1.165) is 11.3 Å². The second-order valence-corrected chi connectivity index (χ2v) is 49.8. The zero-order chi connectivity index (χ0) is 18.3. The Morgan fingerprint density at radius 2 is 1.09 bits per heavy atom. The van der Waals surface area contributed by atoms with Gasteiger partial charge in [0.1, 0.15) is 17.8 Å². The zero-order valence-corrected chi connectivity index (χ0v) is 20.6. The standard InChI is InChI=1S/C17H34O2Si4/c1-19-16-13-11-15(12-14-16)17(18)23(20(2,3)4,21(5,6)7)22(8,9)10/h11-14H,1-10H3. The second kappa shape index (κ2) is 6.46. The van der Waals surface area contributed by atoms with E-state index >= 15 is 0 Å². The van der Waals surface area contributed by atoms with Crippen LogP contribution in [0.25, 0.3) is 0 Å². The fraction of sp³-hybridized carbons (Fsp3) is 0.588. The van der Waals surface area contributed by atoms with Gasteiger partial charge in [0.2, 0.25) is 0 Å². The van der Waals surface area contributed by atoms with Gasteiger partial charge in [-0.25, -0.2) is 0 Å². The molecule has 0 aromatic heterocycles. The number of benzene rings is 1. The molecule has 0 aliphatic rings. The summed E-state index contributed by atoms with van der Waals surface area (Å²) in [6.07, 6.45) is 0. The van der Waals surface area contributed by atoms with Gasteiger partial charge in [0, 0.05) is 28.3 Å². The maximum absolute atomic E-state index is 13.9. The number of rotatable bonds is 6. The van der Waals surface area contributed by atoms with Gasteiger partial charge >= 0.3 is 0 Å². The van der Waals surface area contributed by atoms with E-state index in [2.05, 4.69) is 58.9 Å². The Labute approximate surface area is 146 Å². The van der Waals surface area contributed by atoms with Crippen molar-refractivity contribution in [2.75, 3.05) is 7.11 Å². The summed E-state index contributed by atoms with van der Waals surface area (Å²) in [7, 11) is -3.11. The van der Waals surface area contributed by atoms with E-state index in [1.807, 2.05) is 24.3 Å². The van der Waals surface area contributed by atoms with E-state index in [1.165, 1.54) is 0 Å². The summed E-state index contributed by atoms with van der Waals surface area (Å²) in [5.41, 5.74) is 0.921. The van der Waals surface area contributed by atoms with Crippen LogP contribution in [-0.4, -0.2) is 41.9 Å². The molecule has 0 saturated heterocycles. The monoisotopic (exact) mass is 382 g/mol. The topological polar surface area (TPSA) is 26.3 Å². The average Bonchev–Trinajstić information content (AvgIpc) is 2.34. The van der Waals surface area contributed by atoms with E-state index in [1.54, 1.807) is 7.11 Å². The van der Waals surface area contributed by atoms with E-state index in [0.29, 0.717) is 5.41 Å². The van der Waals surface area contributed by atoms with Crippen LogP contribution in [0.15, 0.2) is 24.3 Å². The number of hydrogen-bond donors (Lipinski definition) is 0. The molecule has 130 valence electrons. The van der Waals surface area contributed by atoms with E-state index in [9.17, 15) is 4.79 Å². The quantitative estimate of drug-likeness (QED) is 0.639. The lowest BCUT2D eigenvalue weighted by Gasteiger charge is -2.55. The lowest BCUT2D eigenvalue weighted by molar-refractivity contribution is 0.107. The Kier molecular flexibility index (Phi) is 5.79. The van der Waals surface area contributed by atoms with Gasteiger partial charge in [-0.3, -0.25) is 0 Å². The van der Waals surface area contributed by atoms with Crippen molar-refractivity contribution < 1.29 is 9.53 Å². The molecule has 0 aliphatic carbocycles. The van der Waals surface area contributed by atoms with Gasteiger partial charge in [-0.1, -0.05) is 58.9 Å². The van der Waals surface area contributed by atoms with Gasteiger partial charge in [-0.2, -0.15) is 0 Å². The van der Waals surface area contributed by atoms with Crippen LogP contribution in [-0.2, 0) is 0 Å². The van der Waals surface area contributed by atoms with Gasteiger partial charge in [0.05, 0.1) is 7.11 Å². The number of carbonyl (C=O) groups is 1. The molecule has 0 saturated carbocycles. The van der Waals surface area contributed by atoms with Gasteiger partial charge in [0.25, 0.3) is 0 Å². The lowest BCUT2D eigenvalue weighted by atomic mass is 10.2. The normalized spacial score (nSPS) is 13.8. The second-order valence-electron chi connectivity index (χ2n) is 9.56. The minimum atomic E-state index is -2.04. The van der Waals surface area contributed by atoms with Crippen molar-refractivity contribution >= 4 is 34.8 Å². The molecule has 0 unspecified atom stereocenters. The molecule has 0 aliphatic heterocycles. The molecule has 0 amide bonds.